The van der Waals surface area contributed by atoms with Gasteiger partial charge in [-0.05, 0) is 43.4 Å². The number of halogens is 1. The van der Waals surface area contributed by atoms with Gasteiger partial charge in [0.1, 0.15) is 0 Å². The largest absolute Gasteiger partial charge is 0.326 e. The molecule has 26 heavy (non-hydrogen) atoms. The van der Waals surface area contributed by atoms with Crippen LogP contribution in [0, 0.1) is 0 Å². The molecule has 0 aliphatic carbocycles. The lowest BCUT2D eigenvalue weighted by atomic mass is 10.3. The Balaban J connectivity index is 2.35. The molecule has 3 N–H and O–H groups in total. The number of rotatable bonds is 6. The predicted molar refractivity (Wildman–Crippen MR) is 99.3 cm³/mol. The normalized spacial score (nSPS) is 11.8. The van der Waals surface area contributed by atoms with Gasteiger partial charge in [-0.25, -0.2) is 21.6 Å². The van der Waals surface area contributed by atoms with Gasteiger partial charge in [0.2, 0.25) is 15.9 Å². The number of benzene rings is 2. The van der Waals surface area contributed by atoms with Crippen molar-refractivity contribution >= 4 is 48.9 Å². The second kappa shape index (κ2) is 7.62. The average molecular weight is 418 g/mol. The number of hydrogen-bond donors (Lipinski definition) is 3. The van der Waals surface area contributed by atoms with Gasteiger partial charge in [-0.3, -0.25) is 9.52 Å². The zero-order valence-electron chi connectivity index (χ0n) is 13.8. The minimum absolute atomic E-state index is 0.0684. The molecule has 140 valence electrons. The van der Waals surface area contributed by atoms with Gasteiger partial charge in [-0.15, -0.1) is 0 Å². The van der Waals surface area contributed by atoms with Crippen molar-refractivity contribution in [3.05, 3.63) is 47.5 Å². The van der Waals surface area contributed by atoms with Gasteiger partial charge in [0.05, 0.1) is 20.5 Å². The van der Waals surface area contributed by atoms with E-state index in [0.717, 1.165) is 6.07 Å². The molecular formula is C15H16ClN3O5S2. The van der Waals surface area contributed by atoms with Crippen molar-refractivity contribution in [2.24, 2.45) is 0 Å². The fourth-order valence-electron chi connectivity index (χ4n) is 2.01. The summed E-state index contributed by atoms with van der Waals surface area (Å²) in [4.78, 5) is 10.6. The van der Waals surface area contributed by atoms with Crippen molar-refractivity contribution in [1.82, 2.24) is 4.72 Å². The van der Waals surface area contributed by atoms with E-state index >= 15 is 0 Å². The number of nitrogens with one attached hydrogen (secondary N) is 3. The number of carbonyl (C=O) groups excluding carboxylic acids is 1. The monoisotopic (exact) mass is 417 g/mol. The molecule has 0 aliphatic heterocycles. The first-order valence-corrected chi connectivity index (χ1v) is 10.5. The third-order valence-electron chi connectivity index (χ3n) is 3.23. The van der Waals surface area contributed by atoms with Gasteiger partial charge >= 0.3 is 0 Å². The Morgan fingerprint density at radius 2 is 1.58 bits per heavy atom. The van der Waals surface area contributed by atoms with E-state index in [4.69, 9.17) is 11.6 Å². The first kappa shape index (κ1) is 20.2. The maximum absolute atomic E-state index is 12.5. The summed E-state index contributed by atoms with van der Waals surface area (Å²) in [6, 6.07) is 9.15. The van der Waals surface area contributed by atoms with E-state index in [1.807, 2.05) is 0 Å². The summed E-state index contributed by atoms with van der Waals surface area (Å²) in [7, 11) is -6.64. The summed E-state index contributed by atoms with van der Waals surface area (Å²) in [6.45, 7) is 1.33. The fourth-order valence-corrected chi connectivity index (χ4v) is 4.27. The maximum Gasteiger partial charge on any atom is 0.261 e. The van der Waals surface area contributed by atoms with E-state index in [0.29, 0.717) is 5.69 Å². The predicted octanol–water partition coefficient (Wildman–Crippen LogP) is 2.01. The van der Waals surface area contributed by atoms with Crippen molar-refractivity contribution < 1.29 is 21.6 Å². The highest BCUT2D eigenvalue weighted by molar-refractivity contribution is 7.93. The standard InChI is InChI=1S/C15H16ClN3O5S2/c1-10(20)18-11-6-7-15(14(16)8-11)19-26(23,24)13-5-3-4-12(9-13)25(21,22)17-2/h3-9,17,19H,1-2H3,(H,18,20). The lowest BCUT2D eigenvalue weighted by Crippen LogP contribution is -2.19. The molecule has 0 atom stereocenters. The summed E-state index contributed by atoms with van der Waals surface area (Å²) in [5.41, 5.74) is 0.496. The quantitative estimate of drug-likeness (QED) is 0.663. The molecule has 0 aliphatic rings. The van der Waals surface area contributed by atoms with Gasteiger partial charge in [0.25, 0.3) is 10.0 Å². The van der Waals surface area contributed by atoms with Crippen LogP contribution in [-0.2, 0) is 24.8 Å². The number of amides is 1. The van der Waals surface area contributed by atoms with Crippen LogP contribution >= 0.6 is 11.6 Å². The number of anilines is 2. The van der Waals surface area contributed by atoms with Crippen LogP contribution < -0.4 is 14.8 Å². The van der Waals surface area contributed by atoms with Crippen molar-refractivity contribution in [2.45, 2.75) is 16.7 Å². The van der Waals surface area contributed by atoms with Gasteiger partial charge in [-0.1, -0.05) is 17.7 Å². The summed E-state index contributed by atoms with van der Waals surface area (Å²) in [6.07, 6.45) is 0. The molecule has 0 saturated carbocycles. The van der Waals surface area contributed by atoms with Crippen LogP contribution in [0.4, 0.5) is 11.4 Å². The lowest BCUT2D eigenvalue weighted by Gasteiger charge is -2.12. The molecule has 0 saturated heterocycles. The van der Waals surface area contributed by atoms with Crippen LogP contribution in [0.2, 0.25) is 5.02 Å². The molecule has 0 bridgehead atoms. The molecular weight excluding hydrogens is 402 g/mol. The first-order valence-electron chi connectivity index (χ1n) is 7.19. The summed E-state index contributed by atoms with van der Waals surface area (Å²) >= 11 is 6.05. The van der Waals surface area contributed by atoms with Crippen LogP contribution in [0.5, 0.6) is 0 Å². The van der Waals surface area contributed by atoms with Crippen LogP contribution in [0.3, 0.4) is 0 Å². The highest BCUT2D eigenvalue weighted by Crippen LogP contribution is 2.28. The van der Waals surface area contributed by atoms with E-state index in [-0.39, 0.29) is 26.4 Å². The number of carbonyl (C=O) groups is 1. The van der Waals surface area contributed by atoms with Gasteiger partial charge in [0, 0.05) is 12.6 Å². The third-order valence-corrected chi connectivity index (χ3v) is 6.32. The molecule has 0 unspecified atom stereocenters. The minimum Gasteiger partial charge on any atom is -0.326 e. The first-order chi connectivity index (χ1) is 12.0. The van der Waals surface area contributed by atoms with Gasteiger partial charge in [-0.2, -0.15) is 0 Å². The molecule has 0 spiro atoms. The molecule has 0 heterocycles. The molecule has 2 aromatic carbocycles. The van der Waals surface area contributed by atoms with Gasteiger partial charge in [0.15, 0.2) is 0 Å². The summed E-state index contributed by atoms with van der Waals surface area (Å²) in [5, 5.41) is 2.59. The van der Waals surface area contributed by atoms with Gasteiger partial charge < -0.3 is 5.32 Å². The third kappa shape index (κ3) is 4.73. The highest BCUT2D eigenvalue weighted by atomic mass is 35.5. The zero-order valence-corrected chi connectivity index (χ0v) is 16.2. The van der Waals surface area contributed by atoms with Crippen molar-refractivity contribution in [3.8, 4) is 0 Å². The Hall–Kier alpha value is -2.14. The fraction of sp³-hybridized carbons (Fsp3) is 0.133. The molecule has 0 fully saturated rings. The number of sulfonamides is 2. The average Bonchev–Trinajstić information content (AvgIpc) is 2.57. The van der Waals surface area contributed by atoms with Crippen LogP contribution in [0.25, 0.3) is 0 Å². The SMILES string of the molecule is CNS(=O)(=O)c1cccc(S(=O)(=O)Nc2ccc(NC(C)=O)cc2Cl)c1. The van der Waals surface area contributed by atoms with Crippen molar-refractivity contribution in [3.63, 3.8) is 0 Å². The second-order valence-corrected chi connectivity index (χ2v) is 9.14. The minimum atomic E-state index is -4.08. The van der Waals surface area contributed by atoms with E-state index in [1.54, 1.807) is 0 Å². The van der Waals surface area contributed by atoms with Crippen LogP contribution in [0.15, 0.2) is 52.3 Å². The van der Waals surface area contributed by atoms with E-state index in [9.17, 15) is 21.6 Å². The second-order valence-electron chi connectivity index (χ2n) is 5.16. The van der Waals surface area contributed by atoms with Crippen molar-refractivity contribution in [2.75, 3.05) is 17.1 Å². The molecule has 2 aromatic rings. The topological polar surface area (TPSA) is 121 Å². The lowest BCUT2D eigenvalue weighted by molar-refractivity contribution is -0.114. The Kier molecular flexibility index (Phi) is 5.91. The summed E-state index contributed by atoms with van der Waals surface area (Å²) in [5.74, 6) is -0.294. The number of hydrogen-bond acceptors (Lipinski definition) is 5. The Bertz CT molecular complexity index is 1050. The van der Waals surface area contributed by atoms with E-state index in [1.165, 1.54) is 50.4 Å². The molecule has 0 radical (unpaired) electrons. The Labute approximate surface area is 156 Å². The Morgan fingerprint density at radius 3 is 2.12 bits per heavy atom. The smallest absolute Gasteiger partial charge is 0.261 e. The molecule has 11 heteroatoms. The van der Waals surface area contributed by atoms with Crippen molar-refractivity contribution in [1.29, 1.82) is 0 Å². The molecule has 1 amide bonds. The van der Waals surface area contributed by atoms with E-state index in [2.05, 4.69) is 14.8 Å². The summed E-state index contributed by atoms with van der Waals surface area (Å²) < 4.78 is 53.1. The van der Waals surface area contributed by atoms with E-state index < -0.39 is 20.0 Å². The molecule has 2 rings (SSSR count). The highest BCUT2D eigenvalue weighted by Gasteiger charge is 2.19. The maximum atomic E-state index is 12.5. The molecule has 8 nitrogen and oxygen atoms in total. The van der Waals surface area contributed by atoms with Crippen LogP contribution in [-0.4, -0.2) is 29.8 Å². The molecule has 0 aromatic heterocycles. The Morgan fingerprint density at radius 1 is 0.962 bits per heavy atom. The zero-order chi connectivity index (χ0) is 19.5. The van der Waals surface area contributed by atoms with Crippen LogP contribution in [0.1, 0.15) is 6.92 Å².